The number of hydrogen-bond acceptors (Lipinski definition) is 3. The molecule has 1 heterocycles. The molecule has 0 unspecified atom stereocenters. The average molecular weight is 197 g/mol. The third-order valence-electron chi connectivity index (χ3n) is 1.57. The van der Waals surface area contributed by atoms with E-state index in [0.717, 1.165) is 0 Å². The van der Waals surface area contributed by atoms with Gasteiger partial charge in [-0.05, 0) is 6.07 Å². The topological polar surface area (TPSA) is 84.2 Å². The molecule has 6 nitrogen and oxygen atoms in total. The second-order valence-electron chi connectivity index (χ2n) is 2.77. The van der Waals surface area contributed by atoms with Crippen LogP contribution < -0.4 is 5.32 Å². The van der Waals surface area contributed by atoms with E-state index in [1.807, 2.05) is 0 Å². The van der Waals surface area contributed by atoms with E-state index in [0.29, 0.717) is 0 Å². The summed E-state index contributed by atoms with van der Waals surface area (Å²) in [5.41, 5.74) is 0.290. The number of aliphatic carboxylic acids is 1. The molecule has 0 bridgehead atoms. The van der Waals surface area contributed by atoms with Gasteiger partial charge in [-0.15, -0.1) is 0 Å². The molecule has 1 aromatic heterocycles. The van der Waals surface area contributed by atoms with Crippen LogP contribution in [-0.2, 0) is 11.8 Å². The van der Waals surface area contributed by atoms with Crippen molar-refractivity contribution in [3.63, 3.8) is 0 Å². The first-order valence-electron chi connectivity index (χ1n) is 4.09. The fourth-order valence-corrected chi connectivity index (χ4v) is 0.910. The lowest BCUT2D eigenvalue weighted by Gasteiger charge is -1.99. The minimum atomic E-state index is -0.939. The summed E-state index contributed by atoms with van der Waals surface area (Å²) < 4.78 is 1.51. The molecular weight excluding hydrogens is 186 g/mol. The molecule has 0 aliphatic heterocycles. The molecule has 0 radical (unpaired) electrons. The molecule has 6 heteroatoms. The minimum absolute atomic E-state index is 0.0847. The van der Waals surface area contributed by atoms with Gasteiger partial charge in [0.25, 0.3) is 5.91 Å². The Morgan fingerprint density at radius 2 is 2.36 bits per heavy atom. The molecule has 0 aliphatic rings. The third kappa shape index (κ3) is 2.89. The van der Waals surface area contributed by atoms with E-state index in [-0.39, 0.29) is 24.6 Å². The largest absolute Gasteiger partial charge is 0.481 e. The van der Waals surface area contributed by atoms with Crippen molar-refractivity contribution in [3.05, 3.63) is 18.0 Å². The standard InChI is InChI=1S/C8H11N3O3/c1-11-5-3-6(10-11)8(14)9-4-2-7(12)13/h3,5H,2,4H2,1H3,(H,9,14)(H,12,13). The van der Waals surface area contributed by atoms with Crippen LogP contribution in [0.1, 0.15) is 16.9 Å². The highest BCUT2D eigenvalue weighted by molar-refractivity contribution is 5.92. The average Bonchev–Trinajstić information content (AvgIpc) is 2.51. The fourth-order valence-electron chi connectivity index (χ4n) is 0.910. The van der Waals surface area contributed by atoms with Crippen LogP contribution in [0.5, 0.6) is 0 Å². The van der Waals surface area contributed by atoms with E-state index in [1.54, 1.807) is 19.3 Å². The summed E-state index contributed by atoms with van der Waals surface area (Å²) in [7, 11) is 1.70. The maximum Gasteiger partial charge on any atom is 0.305 e. The van der Waals surface area contributed by atoms with E-state index < -0.39 is 5.97 Å². The Labute approximate surface area is 80.5 Å². The minimum Gasteiger partial charge on any atom is -0.481 e. The van der Waals surface area contributed by atoms with Gasteiger partial charge in [0.15, 0.2) is 0 Å². The van der Waals surface area contributed by atoms with Crippen LogP contribution in [0.3, 0.4) is 0 Å². The molecule has 1 aromatic rings. The van der Waals surface area contributed by atoms with Gasteiger partial charge in [0.2, 0.25) is 0 Å². The van der Waals surface area contributed by atoms with Crippen molar-refractivity contribution in [3.8, 4) is 0 Å². The number of nitrogens with zero attached hydrogens (tertiary/aromatic N) is 2. The smallest absolute Gasteiger partial charge is 0.305 e. The summed E-state index contributed by atoms with van der Waals surface area (Å²) >= 11 is 0. The number of hydrogen-bond donors (Lipinski definition) is 2. The van der Waals surface area contributed by atoms with Crippen molar-refractivity contribution < 1.29 is 14.7 Å². The van der Waals surface area contributed by atoms with Gasteiger partial charge in [0.1, 0.15) is 5.69 Å². The van der Waals surface area contributed by atoms with Crippen molar-refractivity contribution in [2.45, 2.75) is 6.42 Å². The van der Waals surface area contributed by atoms with Gasteiger partial charge >= 0.3 is 5.97 Å². The monoisotopic (exact) mass is 197 g/mol. The van der Waals surface area contributed by atoms with E-state index in [2.05, 4.69) is 10.4 Å². The number of carbonyl (C=O) groups excluding carboxylic acids is 1. The predicted octanol–water partition coefficient (Wildman–Crippen LogP) is -0.375. The number of aryl methyl sites for hydroxylation is 1. The molecule has 0 fully saturated rings. The molecule has 14 heavy (non-hydrogen) atoms. The zero-order chi connectivity index (χ0) is 10.6. The van der Waals surface area contributed by atoms with Crippen molar-refractivity contribution in [2.75, 3.05) is 6.54 Å². The van der Waals surface area contributed by atoms with Crippen LogP contribution in [0.15, 0.2) is 12.3 Å². The zero-order valence-corrected chi connectivity index (χ0v) is 7.73. The molecule has 76 valence electrons. The molecule has 0 aromatic carbocycles. The summed E-state index contributed by atoms with van der Waals surface area (Å²) in [5.74, 6) is -1.29. The van der Waals surface area contributed by atoms with Gasteiger partial charge in [-0.2, -0.15) is 5.10 Å². The molecule has 0 atom stereocenters. The molecule has 0 saturated carbocycles. The molecule has 1 rings (SSSR count). The first kappa shape index (κ1) is 10.2. The molecule has 0 aliphatic carbocycles. The molecule has 0 saturated heterocycles. The Bertz CT molecular complexity index is 345. The summed E-state index contributed by atoms with van der Waals surface area (Å²) in [5, 5.41) is 14.6. The number of carboxylic acid groups (broad SMARTS) is 1. The zero-order valence-electron chi connectivity index (χ0n) is 7.73. The maximum absolute atomic E-state index is 11.3. The molecule has 1 amide bonds. The Kier molecular flexibility index (Phi) is 3.22. The number of aromatic nitrogens is 2. The van der Waals surface area contributed by atoms with Gasteiger partial charge in [0.05, 0.1) is 6.42 Å². The van der Waals surface area contributed by atoms with E-state index in [4.69, 9.17) is 5.11 Å². The lowest BCUT2D eigenvalue weighted by Crippen LogP contribution is -2.26. The number of carbonyl (C=O) groups is 2. The number of carboxylic acids is 1. The van der Waals surface area contributed by atoms with Crippen LogP contribution in [0.25, 0.3) is 0 Å². The maximum atomic E-state index is 11.3. The Morgan fingerprint density at radius 1 is 1.64 bits per heavy atom. The van der Waals surface area contributed by atoms with Gasteiger partial charge in [-0.25, -0.2) is 0 Å². The molecular formula is C8H11N3O3. The van der Waals surface area contributed by atoms with Crippen molar-refractivity contribution >= 4 is 11.9 Å². The quantitative estimate of drug-likeness (QED) is 0.689. The second-order valence-corrected chi connectivity index (χ2v) is 2.77. The number of nitrogens with one attached hydrogen (secondary N) is 1. The molecule has 0 spiro atoms. The Hall–Kier alpha value is -1.85. The van der Waals surface area contributed by atoms with Gasteiger partial charge in [-0.1, -0.05) is 0 Å². The summed E-state index contributed by atoms with van der Waals surface area (Å²) in [6.07, 6.45) is 1.56. The predicted molar refractivity (Wildman–Crippen MR) is 47.8 cm³/mol. The summed E-state index contributed by atoms with van der Waals surface area (Å²) in [6.45, 7) is 0.116. The highest BCUT2D eigenvalue weighted by Gasteiger charge is 2.07. The Balaban J connectivity index is 2.39. The fraction of sp³-hybridized carbons (Fsp3) is 0.375. The van der Waals surface area contributed by atoms with Gasteiger partial charge < -0.3 is 10.4 Å². The lowest BCUT2D eigenvalue weighted by atomic mass is 10.4. The van der Waals surface area contributed by atoms with Gasteiger partial charge in [-0.3, -0.25) is 14.3 Å². The van der Waals surface area contributed by atoms with Crippen LogP contribution in [0.4, 0.5) is 0 Å². The normalized spacial score (nSPS) is 9.79. The highest BCUT2D eigenvalue weighted by Crippen LogP contribution is 1.93. The van der Waals surface area contributed by atoms with Crippen molar-refractivity contribution in [1.29, 1.82) is 0 Å². The highest BCUT2D eigenvalue weighted by atomic mass is 16.4. The Morgan fingerprint density at radius 3 is 2.86 bits per heavy atom. The van der Waals surface area contributed by atoms with E-state index in [9.17, 15) is 9.59 Å². The third-order valence-corrected chi connectivity index (χ3v) is 1.57. The summed E-state index contributed by atoms with van der Waals surface area (Å²) in [6, 6.07) is 1.57. The van der Waals surface area contributed by atoms with Gasteiger partial charge in [0, 0.05) is 19.8 Å². The van der Waals surface area contributed by atoms with E-state index >= 15 is 0 Å². The van der Waals surface area contributed by atoms with Crippen molar-refractivity contribution in [1.82, 2.24) is 15.1 Å². The van der Waals surface area contributed by atoms with Crippen LogP contribution in [0, 0.1) is 0 Å². The van der Waals surface area contributed by atoms with E-state index in [1.165, 1.54) is 4.68 Å². The first-order chi connectivity index (χ1) is 6.59. The van der Waals surface area contributed by atoms with Crippen LogP contribution in [-0.4, -0.2) is 33.3 Å². The lowest BCUT2D eigenvalue weighted by molar-refractivity contribution is -0.136. The summed E-state index contributed by atoms with van der Waals surface area (Å²) in [4.78, 5) is 21.4. The first-order valence-corrected chi connectivity index (χ1v) is 4.09. The molecule has 2 N–H and O–H groups in total. The second kappa shape index (κ2) is 4.40. The number of amides is 1. The van der Waals surface area contributed by atoms with Crippen molar-refractivity contribution in [2.24, 2.45) is 7.05 Å². The van der Waals surface area contributed by atoms with Crippen LogP contribution >= 0.6 is 0 Å². The van der Waals surface area contributed by atoms with Crippen LogP contribution in [0.2, 0.25) is 0 Å². The SMILES string of the molecule is Cn1ccc(C(=O)NCCC(=O)O)n1. The number of rotatable bonds is 4.